The van der Waals surface area contributed by atoms with Gasteiger partial charge in [-0.2, -0.15) is 0 Å². The molecule has 1 atom stereocenters. The van der Waals surface area contributed by atoms with Crippen molar-refractivity contribution >= 4 is 34.3 Å². The van der Waals surface area contributed by atoms with E-state index in [0.717, 1.165) is 16.8 Å². The summed E-state index contributed by atoms with van der Waals surface area (Å²) >= 11 is 0. The van der Waals surface area contributed by atoms with E-state index in [1.165, 1.54) is 6.20 Å². The van der Waals surface area contributed by atoms with E-state index >= 15 is 0 Å². The van der Waals surface area contributed by atoms with Crippen LogP contribution in [-0.4, -0.2) is 19.1 Å². The van der Waals surface area contributed by atoms with E-state index in [4.69, 9.17) is 21.7 Å². The van der Waals surface area contributed by atoms with Crippen molar-refractivity contribution in [2.45, 2.75) is 26.8 Å². The number of allylic oxidation sites excluding steroid dienone is 1. The van der Waals surface area contributed by atoms with Crippen LogP contribution in [0, 0.1) is 13.8 Å². The van der Waals surface area contributed by atoms with Gasteiger partial charge in [0.25, 0.3) is 0 Å². The van der Waals surface area contributed by atoms with Crippen LogP contribution in [-0.2, 0) is 0 Å². The van der Waals surface area contributed by atoms with Crippen LogP contribution in [0.15, 0.2) is 61.9 Å². The first-order valence-electron chi connectivity index (χ1n) is 10.4. The average molecular weight is 448 g/mol. The molecule has 33 heavy (non-hydrogen) atoms. The molecule has 0 bridgehead atoms. The molecule has 1 heterocycles. The standard InChI is InChI=1S/C24H29N7O2/c1-13-9-18(15(3)29-20-8-6-5-7-17(20)24(26)30-31-27)23-19(10-13)21(32)14(2)22(33-23)16(11-25)12-28-4/h5-12,15,29,31H,25,27H2,1-4H3,(H2,26,30)/b16-11+,28-12?. The van der Waals surface area contributed by atoms with Crippen LogP contribution < -0.4 is 33.6 Å². The number of benzene rings is 2. The number of aliphatic imine (C=N–C) groups is 1. The Morgan fingerprint density at radius 1 is 1.21 bits per heavy atom. The molecule has 1 unspecified atom stereocenters. The number of hydrogen-bond acceptors (Lipinski definition) is 8. The van der Waals surface area contributed by atoms with Crippen molar-refractivity contribution in [2.24, 2.45) is 27.4 Å². The molecule has 0 spiro atoms. The summed E-state index contributed by atoms with van der Waals surface area (Å²) in [6.07, 6.45) is 2.94. The monoisotopic (exact) mass is 447 g/mol. The number of hydrazone groups is 1. The first-order chi connectivity index (χ1) is 15.8. The van der Waals surface area contributed by atoms with Crippen molar-refractivity contribution in [2.75, 3.05) is 12.4 Å². The third kappa shape index (κ3) is 4.73. The minimum atomic E-state index is -0.240. The number of fused-ring (bicyclic) bond motifs is 1. The van der Waals surface area contributed by atoms with Gasteiger partial charge in [-0.1, -0.05) is 18.2 Å². The smallest absolute Gasteiger partial charge is 0.196 e. The lowest BCUT2D eigenvalue weighted by molar-refractivity contribution is 0.576. The van der Waals surface area contributed by atoms with Crippen LogP contribution in [0.1, 0.15) is 41.0 Å². The summed E-state index contributed by atoms with van der Waals surface area (Å²) in [5.74, 6) is 5.91. The third-order valence-corrected chi connectivity index (χ3v) is 5.33. The first-order valence-corrected chi connectivity index (χ1v) is 10.4. The van der Waals surface area contributed by atoms with Crippen LogP contribution in [0.3, 0.4) is 0 Å². The number of nitrogens with zero attached hydrogens (tertiary/aromatic N) is 2. The minimum absolute atomic E-state index is 0.113. The molecule has 0 fully saturated rings. The molecule has 8 N–H and O–H groups in total. The minimum Gasteiger partial charge on any atom is -0.455 e. The van der Waals surface area contributed by atoms with Crippen molar-refractivity contribution in [3.63, 3.8) is 0 Å². The van der Waals surface area contributed by atoms with Gasteiger partial charge in [0.2, 0.25) is 0 Å². The number of hydrogen-bond donors (Lipinski definition) is 5. The van der Waals surface area contributed by atoms with Crippen molar-refractivity contribution in [1.29, 1.82) is 0 Å². The van der Waals surface area contributed by atoms with E-state index < -0.39 is 0 Å². The highest BCUT2D eigenvalue weighted by molar-refractivity contribution is 6.09. The highest BCUT2D eigenvalue weighted by Crippen LogP contribution is 2.31. The SMILES string of the molecule is CN=C/C(=C\N)c1oc2c(C(C)Nc3ccccc3/C(N)=N/NN)cc(C)cc2c(=O)c1C. The molecule has 0 aliphatic carbocycles. The van der Waals surface area contributed by atoms with E-state index in [2.05, 4.69) is 20.9 Å². The molecule has 9 heteroatoms. The lowest BCUT2D eigenvalue weighted by Gasteiger charge is -2.20. The van der Waals surface area contributed by atoms with Gasteiger partial charge in [0, 0.05) is 41.8 Å². The van der Waals surface area contributed by atoms with Crippen LogP contribution in [0.5, 0.6) is 0 Å². The Labute approximate surface area is 192 Å². The summed E-state index contributed by atoms with van der Waals surface area (Å²) in [5.41, 5.74) is 18.6. The fourth-order valence-electron chi connectivity index (χ4n) is 3.75. The van der Waals surface area contributed by atoms with Gasteiger partial charge >= 0.3 is 0 Å². The lowest BCUT2D eigenvalue weighted by Crippen LogP contribution is -2.24. The Morgan fingerprint density at radius 2 is 1.94 bits per heavy atom. The Hall–Kier alpha value is -4.11. The molecule has 0 saturated heterocycles. The molecular formula is C24H29N7O2. The highest BCUT2D eigenvalue weighted by Gasteiger charge is 2.20. The summed E-state index contributed by atoms with van der Waals surface area (Å²) in [4.78, 5) is 17.2. The molecule has 0 saturated carbocycles. The van der Waals surface area contributed by atoms with Gasteiger partial charge in [0.05, 0.1) is 17.0 Å². The number of aryl methyl sites for hydroxylation is 1. The fraction of sp³-hybridized carbons (Fsp3) is 0.208. The predicted octanol–water partition coefficient (Wildman–Crippen LogP) is 2.67. The summed E-state index contributed by atoms with van der Waals surface area (Å²) in [6, 6.07) is 11.1. The summed E-state index contributed by atoms with van der Waals surface area (Å²) < 4.78 is 6.29. The maximum Gasteiger partial charge on any atom is 0.196 e. The molecule has 0 aliphatic rings. The van der Waals surface area contributed by atoms with Gasteiger partial charge in [0.15, 0.2) is 11.3 Å². The van der Waals surface area contributed by atoms with Gasteiger partial charge < -0.3 is 21.2 Å². The molecule has 3 aromatic rings. The number of anilines is 1. The number of amidine groups is 1. The second-order valence-electron chi connectivity index (χ2n) is 7.66. The lowest BCUT2D eigenvalue weighted by atomic mass is 9.98. The molecule has 9 nitrogen and oxygen atoms in total. The second-order valence-corrected chi connectivity index (χ2v) is 7.66. The topological polar surface area (TPSA) is 157 Å². The van der Waals surface area contributed by atoms with E-state index in [9.17, 15) is 4.79 Å². The molecule has 0 aliphatic heterocycles. The predicted molar refractivity (Wildman–Crippen MR) is 135 cm³/mol. The van der Waals surface area contributed by atoms with E-state index in [-0.39, 0.29) is 17.3 Å². The Balaban J connectivity index is 2.19. The van der Waals surface area contributed by atoms with E-state index in [1.54, 1.807) is 20.2 Å². The summed E-state index contributed by atoms with van der Waals surface area (Å²) in [5, 5.41) is 7.83. The first kappa shape index (κ1) is 23.6. The fourth-order valence-corrected chi connectivity index (χ4v) is 3.75. The number of para-hydroxylation sites is 1. The van der Waals surface area contributed by atoms with Crippen molar-refractivity contribution in [3.05, 3.63) is 80.8 Å². The zero-order chi connectivity index (χ0) is 24.1. The van der Waals surface area contributed by atoms with Gasteiger partial charge in [-0.15, -0.1) is 5.10 Å². The zero-order valence-electron chi connectivity index (χ0n) is 19.1. The maximum absolute atomic E-state index is 13.2. The number of nitrogens with two attached hydrogens (primary N) is 3. The van der Waals surface area contributed by atoms with Crippen molar-refractivity contribution in [3.8, 4) is 0 Å². The van der Waals surface area contributed by atoms with Crippen LogP contribution in [0.2, 0.25) is 0 Å². The summed E-state index contributed by atoms with van der Waals surface area (Å²) in [6.45, 7) is 5.64. The molecule has 1 aromatic heterocycles. The molecule has 3 rings (SSSR count). The third-order valence-electron chi connectivity index (χ3n) is 5.33. The molecule has 172 valence electrons. The number of hydrazine groups is 1. The van der Waals surface area contributed by atoms with Crippen molar-refractivity contribution < 1.29 is 4.42 Å². The van der Waals surface area contributed by atoms with Gasteiger partial charge in [-0.3, -0.25) is 9.79 Å². The number of rotatable bonds is 7. The second kappa shape index (κ2) is 10.0. The molecule has 0 amide bonds. The normalized spacial score (nSPS) is 13.5. The van der Waals surface area contributed by atoms with Crippen LogP contribution >= 0.6 is 0 Å². The number of nitrogens with one attached hydrogen (secondary N) is 2. The molecule has 0 radical (unpaired) electrons. The van der Waals surface area contributed by atoms with Crippen LogP contribution in [0.4, 0.5) is 5.69 Å². The highest BCUT2D eigenvalue weighted by atomic mass is 16.3. The van der Waals surface area contributed by atoms with Gasteiger partial charge in [-0.25, -0.2) is 11.4 Å². The van der Waals surface area contributed by atoms with Gasteiger partial charge in [-0.05, 0) is 44.5 Å². The molecular weight excluding hydrogens is 418 g/mol. The Morgan fingerprint density at radius 3 is 2.61 bits per heavy atom. The average Bonchev–Trinajstić information content (AvgIpc) is 2.80. The zero-order valence-corrected chi connectivity index (χ0v) is 19.1. The van der Waals surface area contributed by atoms with Crippen molar-refractivity contribution in [1.82, 2.24) is 5.53 Å². The van der Waals surface area contributed by atoms with E-state index in [0.29, 0.717) is 33.4 Å². The Kier molecular flexibility index (Phi) is 7.14. The quantitative estimate of drug-likeness (QED) is 0.161. The Bertz CT molecular complexity index is 1320. The largest absolute Gasteiger partial charge is 0.455 e. The molecule has 2 aromatic carbocycles. The van der Waals surface area contributed by atoms with E-state index in [1.807, 2.05) is 50.2 Å². The maximum atomic E-state index is 13.2. The van der Waals surface area contributed by atoms with Crippen LogP contribution in [0.25, 0.3) is 16.5 Å². The summed E-state index contributed by atoms with van der Waals surface area (Å²) in [7, 11) is 1.63. The van der Waals surface area contributed by atoms with Gasteiger partial charge in [0.1, 0.15) is 11.3 Å².